The summed E-state index contributed by atoms with van der Waals surface area (Å²) in [6.45, 7) is 8.98. The van der Waals surface area contributed by atoms with E-state index >= 15 is 0 Å². The van der Waals surface area contributed by atoms with Crippen molar-refractivity contribution in [1.29, 1.82) is 0 Å². The second-order valence-corrected chi connectivity index (χ2v) is 5.93. The molecule has 102 valence electrons. The summed E-state index contributed by atoms with van der Waals surface area (Å²) < 4.78 is 0. The average molecular weight is 247 g/mol. The Morgan fingerprint density at radius 3 is 2.33 bits per heavy atom. The maximum Gasteiger partial charge on any atom is 0.0104 e. The quantitative estimate of drug-likeness (QED) is 0.759. The van der Waals surface area contributed by atoms with Gasteiger partial charge in [-0.1, -0.05) is 44.9 Å². The predicted octanol–water partition coefficient (Wildman–Crippen LogP) is 4.26. The van der Waals surface area contributed by atoms with Crippen molar-refractivity contribution in [3.63, 3.8) is 0 Å². The van der Waals surface area contributed by atoms with Crippen LogP contribution >= 0.6 is 0 Å². The molecule has 0 aliphatic carbocycles. The normalized spacial score (nSPS) is 13.0. The molecule has 1 N–H and O–H groups in total. The Morgan fingerprint density at radius 2 is 1.78 bits per heavy atom. The van der Waals surface area contributed by atoms with Gasteiger partial charge in [0.25, 0.3) is 0 Å². The van der Waals surface area contributed by atoms with Crippen LogP contribution in [0, 0.1) is 19.8 Å². The Balaban J connectivity index is 2.49. The molecular weight excluding hydrogens is 218 g/mol. The number of rotatable bonds is 7. The van der Waals surface area contributed by atoms with Crippen LogP contribution in [0.5, 0.6) is 0 Å². The fourth-order valence-corrected chi connectivity index (χ4v) is 2.34. The maximum atomic E-state index is 3.46. The van der Waals surface area contributed by atoms with Crippen molar-refractivity contribution < 1.29 is 0 Å². The monoisotopic (exact) mass is 247 g/mol. The Hall–Kier alpha value is -0.820. The maximum absolute atomic E-state index is 3.46. The molecule has 1 atom stereocenters. The van der Waals surface area contributed by atoms with E-state index < -0.39 is 0 Å². The van der Waals surface area contributed by atoms with E-state index in [1.165, 1.54) is 36.0 Å². The van der Waals surface area contributed by atoms with Crippen LogP contribution in [0.3, 0.4) is 0 Å². The zero-order chi connectivity index (χ0) is 13.5. The second kappa shape index (κ2) is 7.58. The van der Waals surface area contributed by atoms with Gasteiger partial charge in [0.15, 0.2) is 0 Å². The first-order valence-corrected chi connectivity index (χ1v) is 7.26. The SMILES string of the molecule is CNC(CCCC(C)C)Cc1ccc(C)c(C)c1. The van der Waals surface area contributed by atoms with Crippen LogP contribution in [-0.2, 0) is 6.42 Å². The first-order valence-electron chi connectivity index (χ1n) is 7.26. The molecule has 0 saturated heterocycles. The number of aryl methyl sites for hydroxylation is 2. The van der Waals surface area contributed by atoms with E-state index in [-0.39, 0.29) is 0 Å². The molecule has 1 aromatic carbocycles. The molecule has 0 heterocycles. The van der Waals surface area contributed by atoms with E-state index in [1.54, 1.807) is 0 Å². The highest BCUT2D eigenvalue weighted by molar-refractivity contribution is 5.30. The number of benzene rings is 1. The molecule has 0 saturated carbocycles. The molecule has 1 heteroatoms. The lowest BCUT2D eigenvalue weighted by Crippen LogP contribution is -2.27. The third-order valence-electron chi connectivity index (χ3n) is 3.80. The van der Waals surface area contributed by atoms with E-state index in [1.807, 2.05) is 0 Å². The van der Waals surface area contributed by atoms with Crippen LogP contribution in [-0.4, -0.2) is 13.1 Å². The molecule has 0 spiro atoms. The first-order chi connectivity index (χ1) is 8.52. The van der Waals surface area contributed by atoms with Crippen molar-refractivity contribution in [2.24, 2.45) is 5.92 Å². The largest absolute Gasteiger partial charge is 0.317 e. The summed E-state index contributed by atoms with van der Waals surface area (Å²) in [4.78, 5) is 0. The molecule has 1 unspecified atom stereocenters. The molecule has 0 radical (unpaired) electrons. The molecule has 0 amide bonds. The van der Waals surface area contributed by atoms with Gasteiger partial charge >= 0.3 is 0 Å². The van der Waals surface area contributed by atoms with Gasteiger partial charge in [-0.25, -0.2) is 0 Å². The van der Waals surface area contributed by atoms with Crippen LogP contribution < -0.4 is 5.32 Å². The highest BCUT2D eigenvalue weighted by atomic mass is 14.9. The number of hydrogen-bond acceptors (Lipinski definition) is 1. The van der Waals surface area contributed by atoms with E-state index in [9.17, 15) is 0 Å². The van der Waals surface area contributed by atoms with Gasteiger partial charge in [-0.3, -0.25) is 0 Å². The van der Waals surface area contributed by atoms with Gasteiger partial charge in [0.2, 0.25) is 0 Å². The summed E-state index contributed by atoms with van der Waals surface area (Å²) in [5.41, 5.74) is 4.26. The van der Waals surface area contributed by atoms with Crippen LogP contribution in [0.2, 0.25) is 0 Å². The minimum absolute atomic E-state index is 0.617. The lowest BCUT2D eigenvalue weighted by Gasteiger charge is -2.17. The number of hydrogen-bond donors (Lipinski definition) is 1. The molecular formula is C17H29N. The minimum Gasteiger partial charge on any atom is -0.317 e. The average Bonchev–Trinajstić information content (AvgIpc) is 2.32. The number of nitrogens with one attached hydrogen (secondary N) is 1. The van der Waals surface area contributed by atoms with Gasteiger partial charge in [0.05, 0.1) is 0 Å². The van der Waals surface area contributed by atoms with Crippen molar-refractivity contribution in [3.05, 3.63) is 34.9 Å². The first kappa shape index (κ1) is 15.2. The summed E-state index contributed by atoms with van der Waals surface area (Å²) >= 11 is 0. The van der Waals surface area contributed by atoms with Crippen molar-refractivity contribution in [3.8, 4) is 0 Å². The summed E-state index contributed by atoms with van der Waals surface area (Å²) in [6.07, 6.45) is 5.09. The third kappa shape index (κ3) is 5.22. The van der Waals surface area contributed by atoms with Crippen molar-refractivity contribution in [1.82, 2.24) is 5.32 Å². The molecule has 0 fully saturated rings. The van der Waals surface area contributed by atoms with Gasteiger partial charge in [0.1, 0.15) is 0 Å². The Bertz CT molecular complexity index is 355. The zero-order valence-corrected chi connectivity index (χ0v) is 12.7. The fraction of sp³-hybridized carbons (Fsp3) is 0.647. The van der Waals surface area contributed by atoms with Gasteiger partial charge in [-0.2, -0.15) is 0 Å². The standard InChI is InChI=1S/C17H29N/c1-13(2)7-6-8-17(18-5)12-16-10-9-14(3)15(4)11-16/h9-11,13,17-18H,6-8,12H2,1-5H3. The molecule has 0 aliphatic heterocycles. The molecule has 0 aromatic heterocycles. The summed E-state index contributed by atoms with van der Waals surface area (Å²) in [7, 11) is 2.08. The Labute approximate surface area is 113 Å². The van der Waals surface area contributed by atoms with E-state index in [4.69, 9.17) is 0 Å². The van der Waals surface area contributed by atoms with Gasteiger partial charge < -0.3 is 5.32 Å². The smallest absolute Gasteiger partial charge is 0.0104 e. The highest BCUT2D eigenvalue weighted by Gasteiger charge is 2.08. The fourth-order valence-electron chi connectivity index (χ4n) is 2.34. The summed E-state index contributed by atoms with van der Waals surface area (Å²) in [6, 6.07) is 7.47. The lowest BCUT2D eigenvalue weighted by atomic mass is 9.96. The lowest BCUT2D eigenvalue weighted by molar-refractivity contribution is 0.457. The molecule has 0 aliphatic rings. The topological polar surface area (TPSA) is 12.0 Å². The van der Waals surface area contributed by atoms with Crippen molar-refractivity contribution in [2.75, 3.05) is 7.05 Å². The second-order valence-electron chi connectivity index (χ2n) is 5.93. The van der Waals surface area contributed by atoms with Crippen molar-refractivity contribution in [2.45, 2.75) is 59.4 Å². The highest BCUT2D eigenvalue weighted by Crippen LogP contribution is 2.15. The molecule has 1 rings (SSSR count). The van der Waals surface area contributed by atoms with E-state index in [0.29, 0.717) is 6.04 Å². The van der Waals surface area contributed by atoms with Crippen LogP contribution in [0.15, 0.2) is 18.2 Å². The third-order valence-corrected chi connectivity index (χ3v) is 3.80. The van der Waals surface area contributed by atoms with Crippen LogP contribution in [0.4, 0.5) is 0 Å². The van der Waals surface area contributed by atoms with Crippen LogP contribution in [0.25, 0.3) is 0 Å². The zero-order valence-electron chi connectivity index (χ0n) is 12.7. The summed E-state index contributed by atoms with van der Waals surface area (Å²) in [5, 5.41) is 3.46. The predicted molar refractivity (Wildman–Crippen MR) is 81.2 cm³/mol. The minimum atomic E-state index is 0.617. The Morgan fingerprint density at radius 1 is 1.06 bits per heavy atom. The van der Waals surface area contributed by atoms with Crippen molar-refractivity contribution >= 4 is 0 Å². The number of likely N-dealkylation sites (N-methyl/N-ethyl adjacent to an activating group) is 1. The Kier molecular flexibility index (Phi) is 6.42. The van der Waals surface area contributed by atoms with Gasteiger partial charge in [0, 0.05) is 6.04 Å². The molecule has 18 heavy (non-hydrogen) atoms. The molecule has 1 nitrogen and oxygen atoms in total. The summed E-state index contributed by atoms with van der Waals surface area (Å²) in [5.74, 6) is 0.823. The van der Waals surface area contributed by atoms with E-state index in [2.05, 4.69) is 58.3 Å². The molecule has 1 aromatic rings. The van der Waals surface area contributed by atoms with E-state index in [0.717, 1.165) is 12.3 Å². The van der Waals surface area contributed by atoms with Gasteiger partial charge in [-0.15, -0.1) is 0 Å². The molecule has 0 bridgehead atoms. The van der Waals surface area contributed by atoms with Crippen LogP contribution in [0.1, 0.15) is 49.8 Å². The van der Waals surface area contributed by atoms with Gasteiger partial charge in [-0.05, 0) is 56.3 Å².